The van der Waals surface area contributed by atoms with Crippen LogP contribution in [0.5, 0.6) is 5.75 Å². The number of benzene rings is 1. The van der Waals surface area contributed by atoms with Crippen LogP contribution in [0.25, 0.3) is 0 Å². The second kappa shape index (κ2) is 4.54. The Hall–Kier alpha value is -1.92. The molecular formula is C8H8F2N2O3. The molecule has 0 aliphatic carbocycles. The Morgan fingerprint density at radius 3 is 2.73 bits per heavy atom. The van der Waals surface area contributed by atoms with E-state index in [9.17, 15) is 18.9 Å². The van der Waals surface area contributed by atoms with Crippen LogP contribution in [-0.2, 0) is 0 Å². The standard InChI is InChI=1S/C8H8F2N2O3/c9-8(10)4-15-5-1-2-6(11)7(3-5)12(13)14/h1-3,8H,4,11H2. The molecule has 0 spiro atoms. The molecule has 0 aliphatic heterocycles. The number of anilines is 1. The summed E-state index contributed by atoms with van der Waals surface area (Å²) in [7, 11) is 0. The summed E-state index contributed by atoms with van der Waals surface area (Å²) < 4.78 is 28.2. The van der Waals surface area contributed by atoms with Crippen LogP contribution in [0.15, 0.2) is 18.2 Å². The summed E-state index contributed by atoms with van der Waals surface area (Å²) in [4.78, 5) is 9.73. The van der Waals surface area contributed by atoms with Crippen molar-refractivity contribution in [2.45, 2.75) is 6.43 Å². The maximum Gasteiger partial charge on any atom is 0.295 e. The molecular weight excluding hydrogens is 210 g/mol. The summed E-state index contributed by atoms with van der Waals surface area (Å²) in [5, 5.41) is 10.4. The summed E-state index contributed by atoms with van der Waals surface area (Å²) in [6.45, 7) is -0.804. The highest BCUT2D eigenvalue weighted by atomic mass is 19.3. The highest BCUT2D eigenvalue weighted by Crippen LogP contribution is 2.26. The Morgan fingerprint density at radius 2 is 2.20 bits per heavy atom. The van der Waals surface area contributed by atoms with E-state index in [1.807, 2.05) is 0 Å². The summed E-state index contributed by atoms with van der Waals surface area (Å²) in [5.41, 5.74) is 4.90. The zero-order chi connectivity index (χ0) is 11.4. The molecule has 1 rings (SSSR count). The number of hydrogen-bond acceptors (Lipinski definition) is 4. The molecule has 0 bridgehead atoms. The van der Waals surface area contributed by atoms with Gasteiger partial charge in [0.15, 0.2) is 0 Å². The van der Waals surface area contributed by atoms with E-state index in [-0.39, 0.29) is 17.1 Å². The number of nitro benzene ring substituents is 1. The number of hydrogen-bond donors (Lipinski definition) is 1. The van der Waals surface area contributed by atoms with Gasteiger partial charge in [-0.2, -0.15) is 0 Å². The van der Waals surface area contributed by atoms with E-state index in [4.69, 9.17) is 5.73 Å². The van der Waals surface area contributed by atoms with Gasteiger partial charge in [-0.1, -0.05) is 0 Å². The van der Waals surface area contributed by atoms with Gasteiger partial charge in [0.2, 0.25) is 0 Å². The average molecular weight is 218 g/mol. The molecule has 1 aromatic carbocycles. The number of halogens is 2. The van der Waals surface area contributed by atoms with Gasteiger partial charge in [-0.3, -0.25) is 10.1 Å². The third kappa shape index (κ3) is 3.04. The molecule has 82 valence electrons. The SMILES string of the molecule is Nc1ccc(OCC(F)F)cc1[N+](=O)[O-]. The molecule has 5 nitrogen and oxygen atoms in total. The van der Waals surface area contributed by atoms with E-state index in [0.29, 0.717) is 0 Å². The lowest BCUT2D eigenvalue weighted by atomic mass is 10.2. The van der Waals surface area contributed by atoms with Crippen molar-refractivity contribution >= 4 is 11.4 Å². The van der Waals surface area contributed by atoms with Crippen LogP contribution in [0, 0.1) is 10.1 Å². The largest absolute Gasteiger partial charge is 0.487 e. The molecule has 0 aromatic heterocycles. The smallest absolute Gasteiger partial charge is 0.295 e. The first-order valence-electron chi connectivity index (χ1n) is 3.95. The van der Waals surface area contributed by atoms with E-state index in [1.54, 1.807) is 0 Å². The summed E-state index contributed by atoms with van der Waals surface area (Å²) in [6.07, 6.45) is -2.62. The number of nitrogens with zero attached hydrogens (tertiary/aromatic N) is 1. The van der Waals surface area contributed by atoms with E-state index >= 15 is 0 Å². The molecule has 0 radical (unpaired) electrons. The fourth-order valence-corrected chi connectivity index (χ4v) is 0.931. The van der Waals surface area contributed by atoms with Gasteiger partial charge in [0.05, 0.1) is 11.0 Å². The number of alkyl halides is 2. The van der Waals surface area contributed by atoms with E-state index < -0.39 is 18.0 Å². The molecule has 0 aliphatic rings. The Balaban J connectivity index is 2.83. The van der Waals surface area contributed by atoms with Crippen molar-refractivity contribution in [3.8, 4) is 5.75 Å². The highest BCUT2D eigenvalue weighted by molar-refractivity contribution is 5.60. The second-order valence-corrected chi connectivity index (χ2v) is 2.68. The lowest BCUT2D eigenvalue weighted by Gasteiger charge is -2.05. The van der Waals surface area contributed by atoms with Crippen LogP contribution >= 0.6 is 0 Å². The molecule has 1 aromatic rings. The third-order valence-electron chi connectivity index (χ3n) is 1.57. The molecule has 0 saturated heterocycles. The number of rotatable bonds is 4. The van der Waals surface area contributed by atoms with Crippen molar-refractivity contribution in [2.75, 3.05) is 12.3 Å². The minimum Gasteiger partial charge on any atom is -0.487 e. The van der Waals surface area contributed by atoms with Gasteiger partial charge in [-0.05, 0) is 12.1 Å². The fraction of sp³-hybridized carbons (Fsp3) is 0.250. The Morgan fingerprint density at radius 1 is 1.53 bits per heavy atom. The maximum absolute atomic E-state index is 11.8. The Labute approximate surface area is 83.6 Å². The predicted molar refractivity (Wildman–Crippen MR) is 49.0 cm³/mol. The minimum atomic E-state index is -2.62. The lowest BCUT2D eigenvalue weighted by Crippen LogP contribution is -2.07. The first-order valence-corrected chi connectivity index (χ1v) is 3.95. The molecule has 15 heavy (non-hydrogen) atoms. The van der Waals surface area contributed by atoms with Crippen molar-refractivity contribution in [3.05, 3.63) is 28.3 Å². The van der Waals surface area contributed by atoms with Gasteiger partial charge >= 0.3 is 0 Å². The Bertz CT molecular complexity index is 371. The van der Waals surface area contributed by atoms with Gasteiger partial charge in [-0.15, -0.1) is 0 Å². The average Bonchev–Trinajstić information content (AvgIpc) is 2.16. The maximum atomic E-state index is 11.8. The van der Waals surface area contributed by atoms with Crippen molar-refractivity contribution in [2.24, 2.45) is 0 Å². The van der Waals surface area contributed by atoms with E-state index in [0.717, 1.165) is 6.07 Å². The number of nitrogens with two attached hydrogens (primary N) is 1. The number of nitrogen functional groups attached to an aromatic ring is 1. The molecule has 0 unspecified atom stereocenters. The van der Waals surface area contributed by atoms with Crippen LogP contribution in [0.1, 0.15) is 0 Å². The van der Waals surface area contributed by atoms with E-state index in [1.165, 1.54) is 12.1 Å². The molecule has 7 heteroatoms. The van der Waals surface area contributed by atoms with Gasteiger partial charge in [0.25, 0.3) is 12.1 Å². The molecule has 0 saturated carbocycles. The van der Waals surface area contributed by atoms with Crippen LogP contribution in [-0.4, -0.2) is 18.0 Å². The summed E-state index contributed by atoms with van der Waals surface area (Å²) in [5.74, 6) is -0.00352. The minimum absolute atomic E-state index is 0.00352. The monoisotopic (exact) mass is 218 g/mol. The van der Waals surface area contributed by atoms with Crippen LogP contribution < -0.4 is 10.5 Å². The van der Waals surface area contributed by atoms with Gasteiger partial charge in [0, 0.05) is 0 Å². The van der Waals surface area contributed by atoms with E-state index in [2.05, 4.69) is 4.74 Å². The third-order valence-corrected chi connectivity index (χ3v) is 1.57. The van der Waals surface area contributed by atoms with Crippen molar-refractivity contribution in [3.63, 3.8) is 0 Å². The zero-order valence-electron chi connectivity index (χ0n) is 7.52. The fourth-order valence-electron chi connectivity index (χ4n) is 0.931. The predicted octanol–water partition coefficient (Wildman–Crippen LogP) is 1.82. The van der Waals surface area contributed by atoms with Crippen molar-refractivity contribution < 1.29 is 18.4 Å². The molecule has 0 atom stereocenters. The molecule has 0 heterocycles. The normalized spacial score (nSPS) is 10.3. The summed E-state index contributed by atoms with van der Waals surface area (Å²) in [6, 6.07) is 3.54. The lowest BCUT2D eigenvalue weighted by molar-refractivity contribution is -0.384. The second-order valence-electron chi connectivity index (χ2n) is 2.68. The van der Waals surface area contributed by atoms with Gasteiger partial charge in [0.1, 0.15) is 18.0 Å². The first-order chi connectivity index (χ1) is 7.00. The summed E-state index contributed by atoms with van der Waals surface area (Å²) >= 11 is 0. The topological polar surface area (TPSA) is 78.4 Å². The number of ether oxygens (including phenoxy) is 1. The Kier molecular flexibility index (Phi) is 3.37. The van der Waals surface area contributed by atoms with Gasteiger partial charge < -0.3 is 10.5 Å². The molecule has 0 amide bonds. The van der Waals surface area contributed by atoms with Crippen LogP contribution in [0.2, 0.25) is 0 Å². The van der Waals surface area contributed by atoms with Gasteiger partial charge in [-0.25, -0.2) is 8.78 Å². The molecule has 2 N–H and O–H groups in total. The highest BCUT2D eigenvalue weighted by Gasteiger charge is 2.13. The quantitative estimate of drug-likeness (QED) is 0.475. The van der Waals surface area contributed by atoms with Crippen LogP contribution in [0.4, 0.5) is 20.2 Å². The molecule has 0 fully saturated rings. The van der Waals surface area contributed by atoms with Crippen molar-refractivity contribution in [1.29, 1.82) is 0 Å². The van der Waals surface area contributed by atoms with Crippen molar-refractivity contribution in [1.82, 2.24) is 0 Å². The first kappa shape index (κ1) is 11.2. The zero-order valence-corrected chi connectivity index (χ0v) is 7.52. The number of nitro groups is 1. The van der Waals surface area contributed by atoms with Crippen LogP contribution in [0.3, 0.4) is 0 Å².